The van der Waals surface area contributed by atoms with Crippen LogP contribution in [0.4, 0.5) is 0 Å². The fourth-order valence-electron chi connectivity index (χ4n) is 1.73. The first-order chi connectivity index (χ1) is 8.67. The quantitative estimate of drug-likeness (QED) is 0.767. The molecule has 0 fully saturated rings. The number of hydrogen-bond donors (Lipinski definition) is 1. The summed E-state index contributed by atoms with van der Waals surface area (Å²) < 4.78 is 5.62. The highest BCUT2D eigenvalue weighted by Gasteiger charge is 2.08. The summed E-state index contributed by atoms with van der Waals surface area (Å²) in [5, 5.41) is 3.42. The van der Waals surface area contributed by atoms with Crippen molar-refractivity contribution in [2.45, 2.75) is 26.3 Å². The Morgan fingerprint density at radius 3 is 2.61 bits per heavy atom. The molecule has 102 valence electrons. The van der Waals surface area contributed by atoms with Gasteiger partial charge in [0, 0.05) is 12.6 Å². The Hall–Kier alpha value is -1.13. The standard InChI is InChI=1S/C14H25N3O/c1-5-13(15-6-2)14-8-7-12(11-16-14)18-10-9-17(3)4/h7-8,11,13,15H,5-6,9-10H2,1-4H3. The zero-order chi connectivity index (χ0) is 13.4. The number of rotatable bonds is 8. The minimum atomic E-state index is 0.339. The average Bonchev–Trinajstić information content (AvgIpc) is 2.36. The van der Waals surface area contributed by atoms with Crippen LogP contribution >= 0.6 is 0 Å². The Morgan fingerprint density at radius 2 is 2.11 bits per heavy atom. The molecule has 0 saturated carbocycles. The molecule has 1 atom stereocenters. The normalized spacial score (nSPS) is 12.7. The molecule has 0 aliphatic heterocycles. The summed E-state index contributed by atoms with van der Waals surface area (Å²) in [7, 11) is 4.07. The first-order valence-corrected chi connectivity index (χ1v) is 6.64. The van der Waals surface area contributed by atoms with Crippen LogP contribution < -0.4 is 10.1 Å². The van der Waals surface area contributed by atoms with Gasteiger partial charge in [-0.3, -0.25) is 4.98 Å². The second-order valence-corrected chi connectivity index (χ2v) is 4.59. The van der Waals surface area contributed by atoms with E-state index in [1.807, 2.05) is 32.4 Å². The molecule has 0 amide bonds. The Kier molecular flexibility index (Phi) is 6.68. The molecular weight excluding hydrogens is 226 g/mol. The van der Waals surface area contributed by atoms with Gasteiger partial charge in [-0.05, 0) is 39.2 Å². The summed E-state index contributed by atoms with van der Waals surface area (Å²) in [4.78, 5) is 6.56. The molecule has 0 aromatic carbocycles. The second-order valence-electron chi connectivity index (χ2n) is 4.59. The smallest absolute Gasteiger partial charge is 0.137 e. The zero-order valence-electron chi connectivity index (χ0n) is 11.9. The minimum Gasteiger partial charge on any atom is -0.491 e. The maximum Gasteiger partial charge on any atom is 0.137 e. The maximum atomic E-state index is 5.62. The summed E-state index contributed by atoms with van der Waals surface area (Å²) in [6.07, 6.45) is 2.85. The van der Waals surface area contributed by atoms with E-state index in [-0.39, 0.29) is 0 Å². The van der Waals surface area contributed by atoms with Crippen LogP contribution in [0.25, 0.3) is 0 Å². The van der Waals surface area contributed by atoms with Crippen molar-refractivity contribution >= 4 is 0 Å². The van der Waals surface area contributed by atoms with E-state index in [0.717, 1.165) is 31.0 Å². The van der Waals surface area contributed by atoms with E-state index >= 15 is 0 Å². The van der Waals surface area contributed by atoms with Crippen molar-refractivity contribution in [3.63, 3.8) is 0 Å². The molecule has 4 nitrogen and oxygen atoms in total. The lowest BCUT2D eigenvalue weighted by Crippen LogP contribution is -2.21. The van der Waals surface area contributed by atoms with Crippen molar-refractivity contribution in [3.05, 3.63) is 24.0 Å². The van der Waals surface area contributed by atoms with Gasteiger partial charge in [-0.1, -0.05) is 13.8 Å². The fraction of sp³-hybridized carbons (Fsp3) is 0.643. The highest BCUT2D eigenvalue weighted by Crippen LogP contribution is 2.17. The molecule has 18 heavy (non-hydrogen) atoms. The molecule has 0 aliphatic rings. The van der Waals surface area contributed by atoms with Gasteiger partial charge in [-0.25, -0.2) is 0 Å². The Morgan fingerprint density at radius 1 is 1.33 bits per heavy atom. The number of ether oxygens (including phenoxy) is 1. The lowest BCUT2D eigenvalue weighted by Gasteiger charge is -2.16. The summed E-state index contributed by atoms with van der Waals surface area (Å²) in [5.74, 6) is 0.840. The third-order valence-corrected chi connectivity index (χ3v) is 2.78. The predicted molar refractivity (Wildman–Crippen MR) is 75.0 cm³/mol. The number of nitrogens with one attached hydrogen (secondary N) is 1. The van der Waals surface area contributed by atoms with Crippen LogP contribution in [0.2, 0.25) is 0 Å². The van der Waals surface area contributed by atoms with Crippen LogP contribution in [-0.2, 0) is 0 Å². The van der Waals surface area contributed by atoms with Gasteiger partial charge < -0.3 is 15.0 Å². The number of pyridine rings is 1. The first kappa shape index (κ1) is 14.9. The predicted octanol–water partition coefficient (Wildman–Crippen LogP) is 2.08. The van der Waals surface area contributed by atoms with Crippen LogP contribution in [0.5, 0.6) is 5.75 Å². The summed E-state index contributed by atoms with van der Waals surface area (Å²) in [6.45, 7) is 6.84. The van der Waals surface area contributed by atoms with Crippen molar-refractivity contribution in [2.75, 3.05) is 33.8 Å². The molecule has 1 N–H and O–H groups in total. The third-order valence-electron chi connectivity index (χ3n) is 2.78. The van der Waals surface area contributed by atoms with Crippen LogP contribution in [0.15, 0.2) is 18.3 Å². The van der Waals surface area contributed by atoms with Crippen molar-refractivity contribution in [2.24, 2.45) is 0 Å². The Bertz CT molecular complexity index is 324. The van der Waals surface area contributed by atoms with E-state index in [4.69, 9.17) is 4.74 Å². The molecule has 0 bridgehead atoms. The van der Waals surface area contributed by atoms with Gasteiger partial charge in [-0.15, -0.1) is 0 Å². The SMILES string of the molecule is CCNC(CC)c1ccc(OCCN(C)C)cn1. The monoisotopic (exact) mass is 251 g/mol. The molecule has 1 aromatic rings. The van der Waals surface area contributed by atoms with Crippen LogP contribution in [0.3, 0.4) is 0 Å². The molecule has 1 rings (SSSR count). The largest absolute Gasteiger partial charge is 0.491 e. The van der Waals surface area contributed by atoms with E-state index in [1.165, 1.54) is 0 Å². The number of aromatic nitrogens is 1. The third kappa shape index (κ3) is 5.02. The van der Waals surface area contributed by atoms with Crippen LogP contribution in [0, 0.1) is 0 Å². The van der Waals surface area contributed by atoms with Gasteiger partial charge in [0.1, 0.15) is 12.4 Å². The van der Waals surface area contributed by atoms with Gasteiger partial charge in [0.15, 0.2) is 0 Å². The van der Waals surface area contributed by atoms with Crippen molar-refractivity contribution in [1.82, 2.24) is 15.2 Å². The molecule has 4 heteroatoms. The van der Waals surface area contributed by atoms with Crippen LogP contribution in [-0.4, -0.2) is 43.7 Å². The van der Waals surface area contributed by atoms with E-state index in [2.05, 4.69) is 29.0 Å². The lowest BCUT2D eigenvalue weighted by atomic mass is 10.1. The van der Waals surface area contributed by atoms with Gasteiger partial charge >= 0.3 is 0 Å². The van der Waals surface area contributed by atoms with E-state index in [0.29, 0.717) is 12.6 Å². The number of likely N-dealkylation sites (N-methyl/N-ethyl adjacent to an activating group) is 1. The first-order valence-electron chi connectivity index (χ1n) is 6.64. The highest BCUT2D eigenvalue weighted by molar-refractivity contribution is 5.21. The van der Waals surface area contributed by atoms with Gasteiger partial charge in [0.2, 0.25) is 0 Å². The molecule has 1 aromatic heterocycles. The number of hydrogen-bond acceptors (Lipinski definition) is 4. The fourth-order valence-corrected chi connectivity index (χ4v) is 1.73. The molecule has 0 radical (unpaired) electrons. The summed E-state index contributed by atoms with van der Waals surface area (Å²) >= 11 is 0. The Labute approximate surface area is 110 Å². The summed E-state index contributed by atoms with van der Waals surface area (Å²) in [5.41, 5.74) is 1.08. The van der Waals surface area contributed by atoms with Gasteiger partial charge in [0.05, 0.1) is 11.9 Å². The molecule has 0 spiro atoms. The Balaban J connectivity index is 2.50. The van der Waals surface area contributed by atoms with Gasteiger partial charge in [0.25, 0.3) is 0 Å². The van der Waals surface area contributed by atoms with Crippen molar-refractivity contribution in [1.29, 1.82) is 0 Å². The van der Waals surface area contributed by atoms with Gasteiger partial charge in [-0.2, -0.15) is 0 Å². The molecular formula is C14H25N3O. The van der Waals surface area contributed by atoms with Crippen LogP contribution in [0.1, 0.15) is 32.0 Å². The topological polar surface area (TPSA) is 37.4 Å². The summed E-state index contributed by atoms with van der Waals surface area (Å²) in [6, 6.07) is 4.38. The van der Waals surface area contributed by atoms with E-state index in [9.17, 15) is 0 Å². The van der Waals surface area contributed by atoms with E-state index in [1.54, 1.807) is 0 Å². The van der Waals surface area contributed by atoms with E-state index < -0.39 is 0 Å². The van der Waals surface area contributed by atoms with Crippen molar-refractivity contribution in [3.8, 4) is 5.75 Å². The molecule has 1 unspecified atom stereocenters. The second kappa shape index (κ2) is 8.06. The van der Waals surface area contributed by atoms with Crippen molar-refractivity contribution < 1.29 is 4.74 Å². The minimum absolute atomic E-state index is 0.339. The molecule has 0 saturated heterocycles. The molecule has 0 aliphatic carbocycles. The number of nitrogens with zero attached hydrogens (tertiary/aromatic N) is 2. The lowest BCUT2D eigenvalue weighted by molar-refractivity contribution is 0.260. The maximum absolute atomic E-state index is 5.62. The average molecular weight is 251 g/mol. The molecule has 1 heterocycles. The highest BCUT2D eigenvalue weighted by atomic mass is 16.5. The zero-order valence-corrected chi connectivity index (χ0v) is 11.9.